The molecule has 5 heteroatoms. The van der Waals surface area contributed by atoms with E-state index in [1.807, 2.05) is 0 Å². The van der Waals surface area contributed by atoms with Gasteiger partial charge in [0.1, 0.15) is 5.78 Å². The molecule has 0 radical (unpaired) electrons. The number of carbonyl (C=O) groups excluding carboxylic acids is 1. The van der Waals surface area contributed by atoms with Crippen molar-refractivity contribution in [2.24, 2.45) is 0 Å². The lowest BCUT2D eigenvalue weighted by Gasteiger charge is -2.20. The minimum atomic E-state index is 0.231. The molecule has 14 heavy (non-hydrogen) atoms. The zero-order chi connectivity index (χ0) is 9.80. The number of hydrogen-bond acceptors (Lipinski definition) is 5. The number of carbonyl (C=O) groups is 1. The van der Waals surface area contributed by atoms with Crippen molar-refractivity contribution in [1.29, 1.82) is 0 Å². The second kappa shape index (κ2) is 4.61. The molecule has 76 valence electrons. The van der Waals surface area contributed by atoms with Crippen molar-refractivity contribution in [1.82, 2.24) is 8.75 Å². The van der Waals surface area contributed by atoms with Crippen LogP contribution in [0.2, 0.25) is 0 Å². The lowest BCUT2D eigenvalue weighted by atomic mass is 9.96. The Hall–Kier alpha value is -0.810. The average Bonchev–Trinajstić information content (AvgIpc) is 2.70. The summed E-state index contributed by atoms with van der Waals surface area (Å²) in [5.41, 5.74) is 0.881. The maximum atomic E-state index is 11.0. The van der Waals surface area contributed by atoms with Gasteiger partial charge in [-0.05, 0) is 12.8 Å². The number of aromatic nitrogens is 2. The minimum absolute atomic E-state index is 0.231. The topological polar surface area (TPSA) is 52.1 Å². The van der Waals surface area contributed by atoms with Gasteiger partial charge >= 0.3 is 0 Å². The Balaban J connectivity index is 1.73. The van der Waals surface area contributed by atoms with Crippen LogP contribution in [-0.4, -0.2) is 20.6 Å². The highest BCUT2D eigenvalue weighted by atomic mass is 32.1. The lowest BCUT2D eigenvalue weighted by molar-refractivity contribution is -0.123. The smallest absolute Gasteiger partial charge is 0.133 e. The maximum Gasteiger partial charge on any atom is 0.133 e. The zero-order valence-corrected chi connectivity index (χ0v) is 8.63. The fourth-order valence-corrected chi connectivity index (χ4v) is 1.95. The predicted molar refractivity (Wildman–Crippen MR) is 52.0 cm³/mol. The quantitative estimate of drug-likeness (QED) is 0.763. The molecule has 0 aromatic carbocycles. The second-order valence-corrected chi connectivity index (χ2v) is 4.00. The standard InChI is InChI=1S/C9H12N2O2S/c12-8-1-3-9(4-2-8)13-6-7-5-10-14-11-7/h5,9H,1-4,6H2. The summed E-state index contributed by atoms with van der Waals surface area (Å²) in [5, 5.41) is 0. The van der Waals surface area contributed by atoms with Gasteiger partial charge in [0, 0.05) is 12.8 Å². The fraction of sp³-hybridized carbons (Fsp3) is 0.667. The summed E-state index contributed by atoms with van der Waals surface area (Å²) in [6.07, 6.45) is 5.00. The molecule has 0 bridgehead atoms. The Kier molecular flexibility index (Phi) is 3.21. The van der Waals surface area contributed by atoms with Crippen molar-refractivity contribution in [3.05, 3.63) is 11.9 Å². The number of Topliss-reactive ketones (excluding diaryl/α,β-unsaturated/α-hetero) is 1. The summed E-state index contributed by atoms with van der Waals surface area (Å²) >= 11 is 1.19. The number of nitrogens with zero attached hydrogens (tertiary/aromatic N) is 2. The molecule has 1 heterocycles. The van der Waals surface area contributed by atoms with Crippen LogP contribution < -0.4 is 0 Å². The van der Waals surface area contributed by atoms with E-state index in [0.29, 0.717) is 25.2 Å². The van der Waals surface area contributed by atoms with Crippen LogP contribution in [0.25, 0.3) is 0 Å². The summed E-state index contributed by atoms with van der Waals surface area (Å²) in [5.74, 6) is 0.361. The summed E-state index contributed by atoms with van der Waals surface area (Å²) in [6.45, 7) is 0.523. The first-order valence-electron chi connectivity index (χ1n) is 4.74. The van der Waals surface area contributed by atoms with Gasteiger partial charge in [-0.1, -0.05) is 0 Å². The van der Waals surface area contributed by atoms with Crippen molar-refractivity contribution < 1.29 is 9.53 Å². The van der Waals surface area contributed by atoms with Crippen LogP contribution in [0.15, 0.2) is 6.20 Å². The molecule has 0 atom stereocenters. The monoisotopic (exact) mass is 212 g/mol. The molecule has 1 aromatic rings. The Labute approximate surface area is 86.6 Å². The first-order valence-corrected chi connectivity index (χ1v) is 5.47. The van der Waals surface area contributed by atoms with Gasteiger partial charge in [-0.15, -0.1) is 0 Å². The molecule has 1 saturated carbocycles. The van der Waals surface area contributed by atoms with Gasteiger partial charge in [-0.25, -0.2) is 0 Å². The molecule has 1 aliphatic rings. The highest BCUT2D eigenvalue weighted by Crippen LogP contribution is 2.18. The SMILES string of the molecule is O=C1CCC(OCc2cnsn2)CC1. The molecule has 0 aliphatic heterocycles. The van der Waals surface area contributed by atoms with Crippen LogP contribution in [0.1, 0.15) is 31.4 Å². The van der Waals surface area contributed by atoms with E-state index < -0.39 is 0 Å². The van der Waals surface area contributed by atoms with Gasteiger partial charge in [0.05, 0.1) is 36.3 Å². The van der Waals surface area contributed by atoms with Crippen molar-refractivity contribution in [2.75, 3.05) is 0 Å². The van der Waals surface area contributed by atoms with E-state index in [4.69, 9.17) is 4.74 Å². The van der Waals surface area contributed by atoms with Gasteiger partial charge < -0.3 is 4.74 Å². The number of rotatable bonds is 3. The second-order valence-electron chi connectivity index (χ2n) is 3.45. The Morgan fingerprint density at radius 3 is 2.93 bits per heavy atom. The largest absolute Gasteiger partial charge is 0.372 e. The molecule has 0 N–H and O–H groups in total. The van der Waals surface area contributed by atoms with E-state index >= 15 is 0 Å². The zero-order valence-electron chi connectivity index (χ0n) is 7.81. The van der Waals surface area contributed by atoms with Crippen LogP contribution in [0.3, 0.4) is 0 Å². The van der Waals surface area contributed by atoms with Crippen LogP contribution in [0, 0.1) is 0 Å². The summed E-state index contributed by atoms with van der Waals surface area (Å²) in [7, 11) is 0. The number of ether oxygens (including phenoxy) is 1. The van der Waals surface area contributed by atoms with Crippen molar-refractivity contribution in [3.63, 3.8) is 0 Å². The molecule has 0 amide bonds. The van der Waals surface area contributed by atoms with E-state index in [9.17, 15) is 4.79 Å². The van der Waals surface area contributed by atoms with Gasteiger partial charge in [0.25, 0.3) is 0 Å². The van der Waals surface area contributed by atoms with Gasteiger partial charge in [-0.2, -0.15) is 8.75 Å². The summed E-state index contributed by atoms with van der Waals surface area (Å²) in [6, 6.07) is 0. The first-order chi connectivity index (χ1) is 6.84. The molecule has 2 rings (SSSR count). The highest BCUT2D eigenvalue weighted by Gasteiger charge is 2.19. The minimum Gasteiger partial charge on any atom is -0.372 e. The van der Waals surface area contributed by atoms with E-state index in [1.165, 1.54) is 11.7 Å². The van der Waals surface area contributed by atoms with Gasteiger partial charge in [0.2, 0.25) is 0 Å². The Morgan fingerprint density at radius 2 is 2.29 bits per heavy atom. The van der Waals surface area contributed by atoms with Crippen molar-refractivity contribution in [3.8, 4) is 0 Å². The normalized spacial score (nSPS) is 18.7. The molecule has 0 unspecified atom stereocenters. The Morgan fingerprint density at radius 1 is 1.50 bits per heavy atom. The van der Waals surface area contributed by atoms with Crippen LogP contribution in [-0.2, 0) is 16.1 Å². The lowest BCUT2D eigenvalue weighted by Crippen LogP contribution is -2.21. The number of ketones is 1. The Bertz CT molecular complexity index is 290. The van der Waals surface area contributed by atoms with E-state index in [0.717, 1.165) is 18.5 Å². The van der Waals surface area contributed by atoms with Crippen LogP contribution in [0.5, 0.6) is 0 Å². The van der Waals surface area contributed by atoms with Crippen LogP contribution in [0.4, 0.5) is 0 Å². The molecule has 1 aliphatic carbocycles. The fourth-order valence-electron chi connectivity index (χ4n) is 1.53. The highest BCUT2D eigenvalue weighted by molar-refractivity contribution is 6.99. The molecular weight excluding hydrogens is 200 g/mol. The molecule has 1 fully saturated rings. The summed E-state index contributed by atoms with van der Waals surface area (Å²) in [4.78, 5) is 11.0. The van der Waals surface area contributed by atoms with Gasteiger partial charge in [-0.3, -0.25) is 4.79 Å². The van der Waals surface area contributed by atoms with E-state index in [1.54, 1.807) is 6.20 Å². The first kappa shape index (κ1) is 9.73. The van der Waals surface area contributed by atoms with Gasteiger partial charge in [0.15, 0.2) is 0 Å². The van der Waals surface area contributed by atoms with Crippen LogP contribution >= 0.6 is 11.7 Å². The average molecular weight is 212 g/mol. The third-order valence-corrected chi connectivity index (χ3v) is 2.88. The third kappa shape index (κ3) is 2.59. The molecular formula is C9H12N2O2S. The van der Waals surface area contributed by atoms with E-state index in [-0.39, 0.29) is 6.10 Å². The third-order valence-electron chi connectivity index (χ3n) is 2.36. The van der Waals surface area contributed by atoms with E-state index in [2.05, 4.69) is 8.75 Å². The molecule has 0 spiro atoms. The maximum absolute atomic E-state index is 11.0. The molecule has 1 aromatic heterocycles. The molecule has 0 saturated heterocycles. The summed E-state index contributed by atoms with van der Waals surface area (Å²) < 4.78 is 13.6. The number of hydrogen-bond donors (Lipinski definition) is 0. The predicted octanol–water partition coefficient (Wildman–Crippen LogP) is 1.57. The van der Waals surface area contributed by atoms with Crippen molar-refractivity contribution in [2.45, 2.75) is 38.4 Å². The van der Waals surface area contributed by atoms with Crippen molar-refractivity contribution >= 4 is 17.5 Å². The molecule has 4 nitrogen and oxygen atoms in total.